The zero-order valence-electron chi connectivity index (χ0n) is 14.1. The second-order valence-corrected chi connectivity index (χ2v) is 10.1. The van der Waals surface area contributed by atoms with Gasteiger partial charge in [0.05, 0.1) is 10.6 Å². The Balaban J connectivity index is 1.90. The Bertz CT molecular complexity index is 727. The van der Waals surface area contributed by atoms with Crippen LogP contribution < -0.4 is 5.32 Å². The average molecular weight is 369 g/mol. The number of hydrogen-bond acceptors (Lipinski definition) is 4. The van der Waals surface area contributed by atoms with Gasteiger partial charge in [0.25, 0.3) is 0 Å². The molecule has 0 saturated heterocycles. The molecule has 3 rings (SSSR count). The van der Waals surface area contributed by atoms with Gasteiger partial charge in [-0.3, -0.25) is 4.79 Å². The van der Waals surface area contributed by atoms with E-state index in [1.807, 2.05) is 13.0 Å². The zero-order valence-corrected chi connectivity index (χ0v) is 15.8. The molecule has 1 saturated carbocycles. The van der Waals surface area contributed by atoms with Crippen LogP contribution in [-0.4, -0.2) is 37.0 Å². The van der Waals surface area contributed by atoms with Gasteiger partial charge in [0.15, 0.2) is 0 Å². The van der Waals surface area contributed by atoms with Gasteiger partial charge in [-0.1, -0.05) is 26.2 Å². The van der Waals surface area contributed by atoms with Gasteiger partial charge in [0.1, 0.15) is 0 Å². The molecule has 5 nitrogen and oxygen atoms in total. The van der Waals surface area contributed by atoms with Crippen LogP contribution in [0.1, 0.15) is 45.4 Å². The third kappa shape index (κ3) is 3.63. The Kier molecular flexibility index (Phi) is 5.22. The maximum absolute atomic E-state index is 13.0. The van der Waals surface area contributed by atoms with E-state index < -0.39 is 10.0 Å². The molecule has 1 aliphatic carbocycles. The SMILES string of the molecule is C[C@H]1CC(=O)Nc2cc(S(=O)(=O)N(C)C3CCCCC3)ccc2S1. The number of benzene rings is 1. The number of carbonyl (C=O) groups is 1. The fourth-order valence-electron chi connectivity index (χ4n) is 3.40. The second kappa shape index (κ2) is 7.06. The normalized spacial score (nSPS) is 22.8. The number of rotatable bonds is 3. The van der Waals surface area contributed by atoms with Crippen molar-refractivity contribution in [1.29, 1.82) is 0 Å². The summed E-state index contributed by atoms with van der Waals surface area (Å²) in [5, 5.41) is 3.02. The first-order valence-corrected chi connectivity index (χ1v) is 10.8. The molecule has 7 heteroatoms. The maximum atomic E-state index is 13.0. The minimum Gasteiger partial charge on any atom is -0.325 e. The lowest BCUT2D eigenvalue weighted by Gasteiger charge is -2.30. The summed E-state index contributed by atoms with van der Waals surface area (Å²) in [5.41, 5.74) is 0.604. The van der Waals surface area contributed by atoms with E-state index in [2.05, 4.69) is 5.32 Å². The van der Waals surface area contributed by atoms with Crippen LogP contribution in [0.15, 0.2) is 28.0 Å². The largest absolute Gasteiger partial charge is 0.325 e. The first kappa shape index (κ1) is 17.8. The first-order valence-electron chi connectivity index (χ1n) is 8.46. The van der Waals surface area contributed by atoms with Gasteiger partial charge in [-0.2, -0.15) is 4.31 Å². The second-order valence-electron chi connectivity index (χ2n) is 6.65. The van der Waals surface area contributed by atoms with Crippen molar-refractivity contribution in [1.82, 2.24) is 4.31 Å². The van der Waals surface area contributed by atoms with E-state index in [0.29, 0.717) is 12.1 Å². The highest BCUT2D eigenvalue weighted by molar-refractivity contribution is 8.00. The topological polar surface area (TPSA) is 66.5 Å². The summed E-state index contributed by atoms with van der Waals surface area (Å²) in [5.74, 6) is -0.0658. The molecule has 132 valence electrons. The van der Waals surface area contributed by atoms with Crippen LogP contribution in [0.3, 0.4) is 0 Å². The van der Waals surface area contributed by atoms with Crippen LogP contribution in [0.4, 0.5) is 5.69 Å². The van der Waals surface area contributed by atoms with Crippen LogP contribution in [0.25, 0.3) is 0 Å². The molecule has 1 aliphatic heterocycles. The van der Waals surface area contributed by atoms with E-state index in [4.69, 9.17) is 0 Å². The van der Waals surface area contributed by atoms with Crippen LogP contribution in [0, 0.1) is 0 Å². The Labute approximate surface area is 148 Å². The minimum atomic E-state index is -3.54. The molecule has 24 heavy (non-hydrogen) atoms. The van der Waals surface area contributed by atoms with Crippen LogP contribution in [0.2, 0.25) is 0 Å². The van der Waals surface area contributed by atoms with Crippen LogP contribution >= 0.6 is 11.8 Å². The number of nitrogens with zero attached hydrogens (tertiary/aromatic N) is 1. The highest BCUT2D eigenvalue weighted by Crippen LogP contribution is 2.37. The lowest BCUT2D eigenvalue weighted by atomic mass is 9.96. The van der Waals surface area contributed by atoms with Crippen molar-refractivity contribution in [3.63, 3.8) is 0 Å². The molecule has 0 aromatic heterocycles. The van der Waals surface area contributed by atoms with Gasteiger partial charge >= 0.3 is 0 Å². The van der Waals surface area contributed by atoms with Gasteiger partial charge in [-0.25, -0.2) is 8.42 Å². The number of thioether (sulfide) groups is 1. The van der Waals surface area contributed by atoms with Crippen LogP contribution in [-0.2, 0) is 14.8 Å². The number of amides is 1. The van der Waals surface area contributed by atoms with Crippen molar-refractivity contribution >= 4 is 33.4 Å². The molecule has 0 unspecified atom stereocenters. The molecule has 1 amide bonds. The van der Waals surface area contributed by atoms with E-state index in [1.54, 1.807) is 30.9 Å². The molecule has 2 aliphatic rings. The molecule has 1 heterocycles. The average Bonchev–Trinajstić information content (AvgIpc) is 2.70. The first-order chi connectivity index (χ1) is 11.4. The summed E-state index contributed by atoms with van der Waals surface area (Å²) in [6.45, 7) is 2.00. The van der Waals surface area contributed by atoms with Crippen molar-refractivity contribution in [3.05, 3.63) is 18.2 Å². The summed E-state index contributed by atoms with van der Waals surface area (Å²) in [4.78, 5) is 13.1. The quantitative estimate of drug-likeness (QED) is 0.887. The van der Waals surface area contributed by atoms with E-state index >= 15 is 0 Å². The fourth-order valence-corrected chi connectivity index (χ4v) is 5.89. The Morgan fingerprint density at radius 3 is 2.62 bits per heavy atom. The molecule has 0 radical (unpaired) electrons. The summed E-state index contributed by atoms with van der Waals surface area (Å²) >= 11 is 1.60. The van der Waals surface area contributed by atoms with E-state index in [-0.39, 0.29) is 22.1 Å². The van der Waals surface area contributed by atoms with Crippen molar-refractivity contribution in [2.24, 2.45) is 0 Å². The summed E-state index contributed by atoms with van der Waals surface area (Å²) in [7, 11) is -1.87. The number of fused-ring (bicyclic) bond motifs is 1. The Morgan fingerprint density at radius 1 is 1.21 bits per heavy atom. The molecule has 1 aromatic rings. The third-order valence-electron chi connectivity index (χ3n) is 4.79. The van der Waals surface area contributed by atoms with Gasteiger partial charge in [0, 0.05) is 29.7 Å². The molecular formula is C17H24N2O3S2. The fraction of sp³-hybridized carbons (Fsp3) is 0.588. The number of sulfonamides is 1. The van der Waals surface area contributed by atoms with Gasteiger partial charge < -0.3 is 5.32 Å². The van der Waals surface area contributed by atoms with Gasteiger partial charge in [0.2, 0.25) is 15.9 Å². The van der Waals surface area contributed by atoms with Crippen molar-refractivity contribution < 1.29 is 13.2 Å². The number of anilines is 1. The van der Waals surface area contributed by atoms with Gasteiger partial charge in [-0.05, 0) is 31.0 Å². The standard InChI is InChI=1S/C17H24N2O3S2/c1-12-10-17(20)18-15-11-14(8-9-16(15)23-12)24(21,22)19(2)13-6-4-3-5-7-13/h8-9,11-13H,3-7,10H2,1-2H3,(H,18,20)/t12-/m0/s1. The van der Waals surface area contributed by atoms with Gasteiger partial charge in [-0.15, -0.1) is 11.8 Å². The highest BCUT2D eigenvalue weighted by atomic mass is 32.2. The van der Waals surface area contributed by atoms with E-state index in [9.17, 15) is 13.2 Å². The summed E-state index contributed by atoms with van der Waals surface area (Å²) in [6, 6.07) is 5.15. The van der Waals surface area contributed by atoms with Crippen molar-refractivity contribution in [2.45, 2.75) is 66.5 Å². The minimum absolute atomic E-state index is 0.0658. The number of carbonyl (C=O) groups excluding carboxylic acids is 1. The van der Waals surface area contributed by atoms with Crippen molar-refractivity contribution in [2.75, 3.05) is 12.4 Å². The summed E-state index contributed by atoms with van der Waals surface area (Å²) < 4.78 is 27.4. The molecule has 1 N–H and O–H groups in total. The van der Waals surface area contributed by atoms with E-state index in [0.717, 1.165) is 30.6 Å². The molecule has 0 spiro atoms. The number of nitrogens with one attached hydrogen (secondary N) is 1. The zero-order chi connectivity index (χ0) is 17.3. The predicted octanol–water partition coefficient (Wildman–Crippen LogP) is 3.46. The lowest BCUT2D eigenvalue weighted by Crippen LogP contribution is -2.38. The number of hydrogen-bond donors (Lipinski definition) is 1. The molecule has 1 atom stereocenters. The lowest BCUT2D eigenvalue weighted by molar-refractivity contribution is -0.116. The van der Waals surface area contributed by atoms with Crippen LogP contribution in [0.5, 0.6) is 0 Å². The Morgan fingerprint density at radius 2 is 1.92 bits per heavy atom. The smallest absolute Gasteiger partial charge is 0.243 e. The maximum Gasteiger partial charge on any atom is 0.243 e. The molecule has 1 aromatic carbocycles. The predicted molar refractivity (Wildman–Crippen MR) is 96.8 cm³/mol. The molecule has 1 fully saturated rings. The third-order valence-corrected chi connectivity index (χ3v) is 7.88. The highest BCUT2D eigenvalue weighted by Gasteiger charge is 2.30. The molecule has 0 bridgehead atoms. The monoisotopic (exact) mass is 368 g/mol. The Hall–Kier alpha value is -1.05. The van der Waals surface area contributed by atoms with E-state index in [1.165, 1.54) is 10.7 Å². The van der Waals surface area contributed by atoms with Crippen molar-refractivity contribution in [3.8, 4) is 0 Å². The molecular weight excluding hydrogens is 344 g/mol. The summed E-state index contributed by atoms with van der Waals surface area (Å²) in [6.07, 6.45) is 5.63.